The first-order chi connectivity index (χ1) is 15.3. The number of halogens is 10. The van der Waals surface area contributed by atoms with E-state index in [1.54, 1.807) is 30.3 Å². The minimum absolute atomic E-state index is 0.0705. The van der Waals surface area contributed by atoms with Crippen LogP contribution in [0.1, 0.15) is 24.0 Å². The van der Waals surface area contributed by atoms with Crippen molar-refractivity contribution in [2.24, 2.45) is 5.92 Å². The van der Waals surface area contributed by atoms with Crippen LogP contribution in [0.3, 0.4) is 0 Å². The van der Waals surface area contributed by atoms with E-state index in [1.165, 1.54) is 6.07 Å². The van der Waals surface area contributed by atoms with Crippen molar-refractivity contribution in [3.05, 3.63) is 78.4 Å². The van der Waals surface area contributed by atoms with Gasteiger partial charge in [0, 0.05) is 0 Å². The molecule has 2 aromatic carbocycles. The van der Waals surface area contributed by atoms with Gasteiger partial charge in [-0.05, 0) is 0 Å². The molecule has 33 heavy (non-hydrogen) atoms. The molecule has 0 saturated heterocycles. The van der Waals surface area contributed by atoms with Crippen molar-refractivity contribution >= 4 is 20.2 Å². The van der Waals surface area contributed by atoms with E-state index in [4.69, 9.17) is 3.07 Å². The Hall–Kier alpha value is -1.76. The molecule has 0 spiro atoms. The molecule has 0 saturated carbocycles. The molecule has 180 valence electrons. The van der Waals surface area contributed by atoms with Crippen LogP contribution in [0.4, 0.5) is 39.5 Å². The van der Waals surface area contributed by atoms with Crippen molar-refractivity contribution in [1.82, 2.24) is 0 Å². The van der Waals surface area contributed by atoms with Gasteiger partial charge < -0.3 is 0 Å². The molecule has 0 fully saturated rings. The zero-order valence-electron chi connectivity index (χ0n) is 16.6. The number of alkyl halides is 9. The van der Waals surface area contributed by atoms with Crippen LogP contribution in [0.15, 0.2) is 63.8 Å². The van der Waals surface area contributed by atoms with Crippen molar-refractivity contribution < 1.29 is 42.6 Å². The summed E-state index contributed by atoms with van der Waals surface area (Å²) in [5.74, 6) is -2.12. The second-order valence-electron chi connectivity index (χ2n) is 7.67. The number of benzene rings is 2. The summed E-state index contributed by atoms with van der Waals surface area (Å²) in [5.41, 5.74) is -5.04. The van der Waals surface area contributed by atoms with E-state index in [-0.39, 0.29) is 18.4 Å². The standard InChI is InChI=1S/C22H16F9IO/c23-20(24,25)17-14(10-6-9-13-7-2-1-3-8-13)18(17)32-16-12-5-4-11-15(16)19(33-32,21(26,27)28)22(29,30)31/h1-5,7-8,11-12,17H,6,9-10H2. The molecule has 1 atom stereocenters. The molecule has 11 heteroatoms. The van der Waals surface area contributed by atoms with Gasteiger partial charge in [0.25, 0.3) is 0 Å². The summed E-state index contributed by atoms with van der Waals surface area (Å²) in [6, 6.07) is 12.8. The second-order valence-corrected chi connectivity index (χ2v) is 11.9. The molecule has 0 amide bonds. The van der Waals surface area contributed by atoms with Crippen molar-refractivity contribution in [3.8, 4) is 0 Å². The Morgan fingerprint density at radius 1 is 0.758 bits per heavy atom. The third-order valence-corrected chi connectivity index (χ3v) is 11.0. The average molecular weight is 594 g/mol. The Morgan fingerprint density at radius 3 is 1.91 bits per heavy atom. The molecule has 2 aliphatic rings. The first-order valence-electron chi connectivity index (χ1n) is 9.75. The minimum atomic E-state index is -5.88. The van der Waals surface area contributed by atoms with Gasteiger partial charge in [0.1, 0.15) is 0 Å². The van der Waals surface area contributed by atoms with E-state index in [0.717, 1.165) is 17.7 Å². The van der Waals surface area contributed by atoms with Gasteiger partial charge in [0.15, 0.2) is 0 Å². The summed E-state index contributed by atoms with van der Waals surface area (Å²) >= 11 is -4.11. The fourth-order valence-corrected chi connectivity index (χ4v) is 10.4. The molecular formula is C22H16F9IO. The van der Waals surface area contributed by atoms with Crippen LogP contribution in [0.25, 0.3) is 0 Å². The van der Waals surface area contributed by atoms with Crippen LogP contribution in [0.5, 0.6) is 0 Å². The van der Waals surface area contributed by atoms with E-state index in [2.05, 4.69) is 0 Å². The van der Waals surface area contributed by atoms with Gasteiger partial charge in [-0.2, -0.15) is 0 Å². The van der Waals surface area contributed by atoms with Crippen molar-refractivity contribution in [1.29, 1.82) is 0 Å². The average Bonchev–Trinajstić information content (AvgIpc) is 3.31. The number of hydrogen-bond donors (Lipinski definition) is 0. The molecular weight excluding hydrogens is 578 g/mol. The Labute approximate surface area is 190 Å². The predicted octanol–water partition coefficient (Wildman–Crippen LogP) is 8.10. The topological polar surface area (TPSA) is 9.23 Å². The van der Waals surface area contributed by atoms with Gasteiger partial charge in [0.05, 0.1) is 0 Å². The van der Waals surface area contributed by atoms with Gasteiger partial charge in [-0.15, -0.1) is 0 Å². The molecule has 1 aliphatic carbocycles. The number of rotatable bonds is 5. The summed E-state index contributed by atoms with van der Waals surface area (Å²) in [7, 11) is 0. The molecule has 1 aliphatic heterocycles. The van der Waals surface area contributed by atoms with Gasteiger partial charge >= 0.3 is 191 Å². The normalized spacial score (nSPS) is 21.4. The Kier molecular flexibility index (Phi) is 6.04. The monoisotopic (exact) mass is 594 g/mol. The van der Waals surface area contributed by atoms with Crippen LogP contribution >= 0.6 is 20.2 Å². The van der Waals surface area contributed by atoms with Crippen LogP contribution < -0.4 is 0 Å². The number of fused-ring (bicyclic) bond motifs is 1. The third kappa shape index (κ3) is 4.15. The Morgan fingerprint density at radius 2 is 1.33 bits per heavy atom. The second kappa shape index (κ2) is 8.17. The van der Waals surface area contributed by atoms with Crippen LogP contribution in [-0.2, 0) is 15.1 Å². The number of allylic oxidation sites excluding steroid dienone is 2. The summed E-state index contributed by atoms with van der Waals surface area (Å²) in [6.45, 7) is 0. The molecule has 0 bridgehead atoms. The quantitative estimate of drug-likeness (QED) is 0.251. The molecule has 0 N–H and O–H groups in total. The first kappa shape index (κ1) is 24.4. The molecule has 1 heterocycles. The zero-order chi connectivity index (χ0) is 24.2. The van der Waals surface area contributed by atoms with Gasteiger partial charge in [-0.25, -0.2) is 0 Å². The Balaban J connectivity index is 1.70. The number of aryl methyl sites for hydroxylation is 1. The van der Waals surface area contributed by atoms with Crippen LogP contribution in [-0.4, -0.2) is 18.5 Å². The zero-order valence-corrected chi connectivity index (χ0v) is 18.7. The molecule has 2 aromatic rings. The van der Waals surface area contributed by atoms with E-state index >= 15 is 0 Å². The van der Waals surface area contributed by atoms with E-state index < -0.39 is 63.0 Å². The third-order valence-electron chi connectivity index (χ3n) is 5.52. The maximum atomic E-state index is 13.8. The first-order valence-corrected chi connectivity index (χ1v) is 12.8. The van der Waals surface area contributed by atoms with E-state index in [9.17, 15) is 39.5 Å². The Bertz CT molecular complexity index is 1040. The summed E-state index contributed by atoms with van der Waals surface area (Å²) in [6.07, 6.45) is -15.9. The van der Waals surface area contributed by atoms with Crippen molar-refractivity contribution in [2.45, 2.75) is 43.4 Å². The molecule has 1 unspecified atom stereocenters. The molecule has 4 rings (SSSR count). The molecule has 0 aromatic heterocycles. The molecule has 1 nitrogen and oxygen atoms in total. The van der Waals surface area contributed by atoms with Crippen molar-refractivity contribution in [3.63, 3.8) is 0 Å². The van der Waals surface area contributed by atoms with Crippen molar-refractivity contribution in [2.75, 3.05) is 0 Å². The summed E-state index contributed by atoms with van der Waals surface area (Å²) in [4.78, 5) is 0. The maximum absolute atomic E-state index is 13.8. The van der Waals surface area contributed by atoms with E-state index in [0.29, 0.717) is 12.5 Å². The van der Waals surface area contributed by atoms with Gasteiger partial charge in [-0.1, -0.05) is 0 Å². The SMILES string of the molecule is FC(F)(F)C1C(CCCc2ccccc2)=C1I1OC(C(F)(F)F)(C(F)(F)F)c2ccccc21. The van der Waals surface area contributed by atoms with Crippen LogP contribution in [0.2, 0.25) is 0 Å². The fourth-order valence-electron chi connectivity index (χ4n) is 3.98. The van der Waals surface area contributed by atoms with E-state index in [1.807, 2.05) is 0 Å². The predicted molar refractivity (Wildman–Crippen MR) is 110 cm³/mol. The molecule has 0 radical (unpaired) electrons. The van der Waals surface area contributed by atoms with Gasteiger partial charge in [-0.3, -0.25) is 0 Å². The van der Waals surface area contributed by atoms with Crippen LogP contribution in [0, 0.1) is 9.49 Å². The fraction of sp³-hybridized carbons (Fsp3) is 0.364. The van der Waals surface area contributed by atoms with Gasteiger partial charge in [0.2, 0.25) is 0 Å². The summed E-state index contributed by atoms with van der Waals surface area (Å²) < 4.78 is 128. The summed E-state index contributed by atoms with van der Waals surface area (Å²) in [5, 5.41) is 0. The number of hydrogen-bond acceptors (Lipinski definition) is 1.